The molecular formula is C10H19NO2. The number of aliphatic hydroxyl groups is 1. The Morgan fingerprint density at radius 3 is 2.54 bits per heavy atom. The van der Waals surface area contributed by atoms with E-state index in [0.29, 0.717) is 18.9 Å². The summed E-state index contributed by atoms with van der Waals surface area (Å²) in [6.45, 7) is 6.48. The van der Waals surface area contributed by atoms with Crippen LogP contribution < -0.4 is 0 Å². The van der Waals surface area contributed by atoms with Gasteiger partial charge in [0.05, 0.1) is 12.7 Å². The van der Waals surface area contributed by atoms with Crippen molar-refractivity contribution in [2.24, 2.45) is 5.92 Å². The van der Waals surface area contributed by atoms with Gasteiger partial charge in [-0.3, -0.25) is 0 Å². The van der Waals surface area contributed by atoms with Gasteiger partial charge in [0.2, 0.25) is 0 Å². The molecule has 0 saturated heterocycles. The van der Waals surface area contributed by atoms with E-state index in [4.69, 9.17) is 15.1 Å². The van der Waals surface area contributed by atoms with Crippen LogP contribution in [-0.4, -0.2) is 23.9 Å². The summed E-state index contributed by atoms with van der Waals surface area (Å²) in [5.74, 6) is 0.443. The lowest BCUT2D eigenvalue weighted by atomic mass is 9.95. The van der Waals surface area contributed by atoms with Crippen molar-refractivity contribution >= 4 is 0 Å². The molecule has 0 heterocycles. The molecule has 0 fully saturated rings. The van der Waals surface area contributed by atoms with Crippen molar-refractivity contribution in [1.82, 2.24) is 0 Å². The minimum Gasteiger partial charge on any atom is -0.396 e. The molecule has 0 bridgehead atoms. The number of nitriles is 1. The van der Waals surface area contributed by atoms with Gasteiger partial charge in [-0.1, -0.05) is 13.8 Å². The van der Waals surface area contributed by atoms with Crippen LogP contribution >= 0.6 is 0 Å². The average molecular weight is 185 g/mol. The first-order chi connectivity index (χ1) is 6.04. The number of aliphatic hydroxyl groups excluding tert-OH is 1. The van der Waals surface area contributed by atoms with Crippen molar-refractivity contribution in [3.8, 4) is 6.07 Å². The Bertz CT molecular complexity index is 174. The van der Waals surface area contributed by atoms with Crippen molar-refractivity contribution < 1.29 is 9.84 Å². The van der Waals surface area contributed by atoms with Crippen molar-refractivity contribution in [3.63, 3.8) is 0 Å². The van der Waals surface area contributed by atoms with Gasteiger partial charge in [0.15, 0.2) is 5.60 Å². The largest absolute Gasteiger partial charge is 0.396 e. The molecule has 0 saturated carbocycles. The van der Waals surface area contributed by atoms with Crippen molar-refractivity contribution in [2.75, 3.05) is 13.2 Å². The van der Waals surface area contributed by atoms with Crippen LogP contribution in [0.25, 0.3) is 0 Å². The number of hydrogen-bond donors (Lipinski definition) is 1. The Morgan fingerprint density at radius 2 is 2.15 bits per heavy atom. The molecule has 0 radical (unpaired) electrons. The van der Waals surface area contributed by atoms with E-state index in [1.165, 1.54) is 0 Å². The third kappa shape index (κ3) is 5.62. The first-order valence-electron chi connectivity index (χ1n) is 4.70. The minimum atomic E-state index is -0.691. The lowest BCUT2D eigenvalue weighted by Gasteiger charge is -2.23. The van der Waals surface area contributed by atoms with Gasteiger partial charge in [-0.2, -0.15) is 5.26 Å². The normalized spacial score (nSPS) is 15.4. The summed E-state index contributed by atoms with van der Waals surface area (Å²) in [7, 11) is 0. The second-order valence-corrected chi connectivity index (χ2v) is 3.87. The molecule has 0 amide bonds. The van der Waals surface area contributed by atoms with Crippen molar-refractivity contribution in [3.05, 3.63) is 0 Å². The SMILES string of the molecule is CC(C)CC(C)(C#N)OCCCO. The maximum absolute atomic E-state index is 8.90. The van der Waals surface area contributed by atoms with Crippen LogP contribution in [0.1, 0.15) is 33.6 Å². The highest BCUT2D eigenvalue weighted by Crippen LogP contribution is 2.20. The highest BCUT2D eigenvalue weighted by Gasteiger charge is 2.25. The summed E-state index contributed by atoms with van der Waals surface area (Å²) in [6, 6.07) is 2.16. The average Bonchev–Trinajstić information content (AvgIpc) is 2.04. The molecule has 0 aliphatic heterocycles. The van der Waals surface area contributed by atoms with Gasteiger partial charge in [-0.05, 0) is 25.7 Å². The van der Waals surface area contributed by atoms with Gasteiger partial charge in [0, 0.05) is 6.61 Å². The molecule has 1 atom stereocenters. The standard InChI is InChI=1S/C10H19NO2/c1-9(2)7-10(3,8-11)13-6-4-5-12/h9,12H,4-7H2,1-3H3. The first-order valence-corrected chi connectivity index (χ1v) is 4.70. The van der Waals surface area contributed by atoms with Gasteiger partial charge in [0.1, 0.15) is 0 Å². The van der Waals surface area contributed by atoms with E-state index in [2.05, 4.69) is 19.9 Å². The molecule has 0 aromatic rings. The van der Waals surface area contributed by atoms with Gasteiger partial charge < -0.3 is 9.84 Å². The van der Waals surface area contributed by atoms with E-state index in [0.717, 1.165) is 6.42 Å². The van der Waals surface area contributed by atoms with E-state index in [1.807, 2.05) is 0 Å². The fourth-order valence-corrected chi connectivity index (χ4v) is 1.28. The van der Waals surface area contributed by atoms with Crippen LogP contribution in [0.15, 0.2) is 0 Å². The molecule has 0 aromatic carbocycles. The molecule has 3 heteroatoms. The third-order valence-electron chi connectivity index (χ3n) is 1.76. The summed E-state index contributed by atoms with van der Waals surface area (Å²) in [6.07, 6.45) is 1.32. The van der Waals surface area contributed by atoms with E-state index in [-0.39, 0.29) is 6.61 Å². The quantitative estimate of drug-likeness (QED) is 0.641. The molecule has 76 valence electrons. The highest BCUT2D eigenvalue weighted by atomic mass is 16.5. The van der Waals surface area contributed by atoms with Crippen LogP contribution in [0.3, 0.4) is 0 Å². The van der Waals surface area contributed by atoms with Crippen molar-refractivity contribution in [2.45, 2.75) is 39.2 Å². The molecule has 0 aliphatic carbocycles. The zero-order chi connectivity index (χ0) is 10.3. The summed E-state index contributed by atoms with van der Waals surface area (Å²) in [5, 5.41) is 17.5. The Labute approximate surface area is 80.3 Å². The van der Waals surface area contributed by atoms with Crippen molar-refractivity contribution in [1.29, 1.82) is 5.26 Å². The molecule has 1 N–H and O–H groups in total. The Morgan fingerprint density at radius 1 is 1.54 bits per heavy atom. The molecule has 1 unspecified atom stereocenters. The Kier molecular flexibility index (Phi) is 5.68. The van der Waals surface area contributed by atoms with Crippen LogP contribution in [-0.2, 0) is 4.74 Å². The van der Waals surface area contributed by atoms with Crippen LogP contribution in [0, 0.1) is 17.2 Å². The molecule has 0 aliphatic rings. The van der Waals surface area contributed by atoms with Crippen LogP contribution in [0.4, 0.5) is 0 Å². The van der Waals surface area contributed by atoms with E-state index < -0.39 is 5.60 Å². The maximum atomic E-state index is 8.90. The van der Waals surface area contributed by atoms with Gasteiger partial charge in [-0.25, -0.2) is 0 Å². The molecule has 3 nitrogen and oxygen atoms in total. The number of nitrogens with zero attached hydrogens (tertiary/aromatic N) is 1. The Hall–Kier alpha value is -0.590. The molecular weight excluding hydrogens is 166 g/mol. The summed E-state index contributed by atoms with van der Waals surface area (Å²) < 4.78 is 5.41. The topological polar surface area (TPSA) is 53.2 Å². The summed E-state index contributed by atoms with van der Waals surface area (Å²) in [5.41, 5.74) is -0.691. The monoisotopic (exact) mass is 185 g/mol. The highest BCUT2D eigenvalue weighted by molar-refractivity contribution is 4.98. The zero-order valence-electron chi connectivity index (χ0n) is 8.71. The predicted molar refractivity (Wildman–Crippen MR) is 51.1 cm³/mol. The number of hydrogen-bond acceptors (Lipinski definition) is 3. The van der Waals surface area contributed by atoms with E-state index >= 15 is 0 Å². The molecule has 0 spiro atoms. The van der Waals surface area contributed by atoms with Gasteiger partial charge in [0.25, 0.3) is 0 Å². The smallest absolute Gasteiger partial charge is 0.151 e. The lowest BCUT2D eigenvalue weighted by molar-refractivity contribution is -0.00845. The van der Waals surface area contributed by atoms with E-state index in [9.17, 15) is 0 Å². The number of rotatable bonds is 6. The minimum absolute atomic E-state index is 0.114. The first kappa shape index (κ1) is 12.4. The second kappa shape index (κ2) is 5.95. The lowest BCUT2D eigenvalue weighted by Crippen LogP contribution is -2.29. The summed E-state index contributed by atoms with van der Waals surface area (Å²) in [4.78, 5) is 0. The fraction of sp³-hybridized carbons (Fsp3) is 0.900. The zero-order valence-corrected chi connectivity index (χ0v) is 8.71. The van der Waals surface area contributed by atoms with Crippen LogP contribution in [0.5, 0.6) is 0 Å². The van der Waals surface area contributed by atoms with Gasteiger partial charge >= 0.3 is 0 Å². The molecule has 0 rings (SSSR count). The van der Waals surface area contributed by atoms with E-state index in [1.54, 1.807) is 6.92 Å². The Balaban J connectivity index is 3.91. The van der Waals surface area contributed by atoms with Gasteiger partial charge in [-0.15, -0.1) is 0 Å². The maximum Gasteiger partial charge on any atom is 0.151 e. The number of ether oxygens (including phenoxy) is 1. The summed E-state index contributed by atoms with van der Waals surface area (Å²) >= 11 is 0. The molecule has 0 aromatic heterocycles. The third-order valence-corrected chi connectivity index (χ3v) is 1.76. The molecule has 13 heavy (non-hydrogen) atoms. The fourth-order valence-electron chi connectivity index (χ4n) is 1.28. The second-order valence-electron chi connectivity index (χ2n) is 3.87. The predicted octanol–water partition coefficient (Wildman–Crippen LogP) is 1.71. The van der Waals surface area contributed by atoms with Crippen LogP contribution in [0.2, 0.25) is 0 Å².